The van der Waals surface area contributed by atoms with Crippen LogP contribution in [0.2, 0.25) is 0 Å². The molecule has 0 nitrogen and oxygen atoms in total. The quantitative estimate of drug-likeness (QED) is 0.166. The molecule has 0 amide bonds. The van der Waals surface area contributed by atoms with Crippen LogP contribution >= 0.6 is 21.4 Å². The van der Waals surface area contributed by atoms with Crippen molar-refractivity contribution in [2.24, 2.45) is 0 Å². The molecule has 31 heavy (non-hydrogen) atoms. The maximum absolute atomic E-state index is 11.2. The zero-order valence-corrected chi connectivity index (χ0v) is 20.1. The summed E-state index contributed by atoms with van der Waals surface area (Å²) in [4.78, 5) is 4.14. The molecule has 0 saturated heterocycles. The Hall–Kier alpha value is -1.89. The van der Waals surface area contributed by atoms with Gasteiger partial charge in [-0.05, 0) is 47.8 Å². The second kappa shape index (κ2) is 8.23. The molecule has 4 aromatic rings. The molecule has 9 heteroatoms. The fourth-order valence-electron chi connectivity index (χ4n) is 3.07. The number of benzene rings is 3. The number of hydrogen-bond donors (Lipinski definition) is 0. The van der Waals surface area contributed by atoms with Gasteiger partial charge in [0.05, 0.1) is 4.21 Å². The minimum absolute atomic E-state index is 0. The van der Waals surface area contributed by atoms with Crippen LogP contribution in [-0.2, 0) is 0 Å². The first-order valence-corrected chi connectivity index (χ1v) is 17.3. The number of halogens is 6. The van der Waals surface area contributed by atoms with Gasteiger partial charge in [-0.15, -0.1) is 21.4 Å². The van der Waals surface area contributed by atoms with Gasteiger partial charge in [0.25, 0.3) is 0 Å². The Morgan fingerprint density at radius 2 is 0.839 bits per heavy atom. The van der Waals surface area contributed by atoms with Gasteiger partial charge < -0.3 is 0 Å². The Balaban J connectivity index is 0.000000398. The zero-order valence-electron chi connectivity index (χ0n) is 16.9. The topological polar surface area (TPSA) is 0 Å². The van der Waals surface area contributed by atoms with E-state index in [2.05, 4.69) is 109 Å². The minimum Gasteiger partial charge on any atom is -0.138 e. The van der Waals surface area contributed by atoms with E-state index in [1.165, 1.54) is 18.9 Å². The van der Waals surface area contributed by atoms with E-state index in [0.29, 0.717) is 0 Å². The summed E-state index contributed by atoms with van der Waals surface area (Å²) in [5.41, 5.74) is 0. The molecule has 0 atom stereocenters. The van der Waals surface area contributed by atoms with Crippen LogP contribution in [0.4, 0.5) is 16.9 Å². The molecule has 0 unspecified atom stereocenters. The van der Waals surface area contributed by atoms with E-state index < -0.39 is 29.5 Å². The predicted molar refractivity (Wildman–Crippen MR) is 118 cm³/mol. The first kappa shape index (κ1) is 23.8. The van der Waals surface area contributed by atoms with E-state index >= 15 is 0 Å². The van der Waals surface area contributed by atoms with Crippen molar-refractivity contribution in [1.29, 1.82) is 0 Å². The summed E-state index contributed by atoms with van der Waals surface area (Å²) in [5.74, 6) is 0. The van der Waals surface area contributed by atoms with Crippen molar-refractivity contribution in [2.75, 3.05) is 0 Å². The van der Waals surface area contributed by atoms with Crippen molar-refractivity contribution in [1.82, 2.24) is 0 Å². The van der Waals surface area contributed by atoms with E-state index in [1.54, 1.807) is 0 Å². The third-order valence-corrected chi connectivity index (χ3v) is 9.46. The molecule has 4 rings (SSSR count). The molecular weight excluding hydrogens is 564 g/mol. The Morgan fingerprint density at radius 1 is 0.516 bits per heavy atom. The summed E-state index contributed by atoms with van der Waals surface area (Å²) >= 11 is -9.40. The summed E-state index contributed by atoms with van der Waals surface area (Å²) in [6.07, 6.45) is 0. The molecule has 0 aliphatic rings. The van der Waals surface area contributed by atoms with Crippen LogP contribution in [0.5, 0.6) is 0 Å². The zero-order chi connectivity index (χ0) is 22.7. The second-order valence-corrected chi connectivity index (χ2v) is 16.2. The van der Waals surface area contributed by atoms with Crippen molar-refractivity contribution >= 4 is 40.8 Å². The van der Waals surface area contributed by atoms with Gasteiger partial charge in [0, 0.05) is 14.7 Å². The largest absolute Gasteiger partial charge is 1.00 e. The average molecular weight is 583 g/mol. The van der Waals surface area contributed by atoms with Gasteiger partial charge >= 0.3 is 37.8 Å². The van der Waals surface area contributed by atoms with E-state index in [1.807, 2.05) is 11.3 Å². The smallest absolute Gasteiger partial charge is 0.138 e. The van der Waals surface area contributed by atoms with E-state index in [4.69, 9.17) is 0 Å². The molecule has 166 valence electrons. The van der Waals surface area contributed by atoms with Gasteiger partial charge in [0.1, 0.15) is 0 Å². The van der Waals surface area contributed by atoms with Gasteiger partial charge in [-0.1, -0.05) is 60.7 Å². The van der Waals surface area contributed by atoms with Crippen LogP contribution in [0.15, 0.2) is 127 Å². The molecule has 3 aromatic carbocycles. The molecule has 0 aliphatic heterocycles. The third-order valence-electron chi connectivity index (χ3n) is 4.09. The molecule has 0 bridgehead atoms. The molecule has 0 fully saturated rings. The first-order chi connectivity index (χ1) is 14.4. The van der Waals surface area contributed by atoms with Crippen LogP contribution in [0.3, 0.4) is 0 Å². The molecule has 0 spiro atoms. The molecule has 0 N–H and O–H groups in total. The summed E-state index contributed by atoms with van der Waals surface area (Å²) in [7, 11) is -1.45. The van der Waals surface area contributed by atoms with Crippen molar-refractivity contribution in [3.05, 3.63) is 109 Å². The summed E-state index contributed by atoms with van der Waals surface area (Å²) in [6.45, 7) is 0. The van der Waals surface area contributed by atoms with E-state index in [-0.39, 0.29) is 1.43 Å². The maximum atomic E-state index is 9.93. The standard InChI is InChI=1S/C22H18S2.6FH.Sb/c1-4-11-19(12-5-1)24(22-17-10-18-23-22,20-13-6-2-7-14-20)21-15-8-3-9-16-21;;;;;;;/h1-18H;6*1H;/q;;;;;;;+5/p-5. The molecular formula is C22H19F6S2Sb. The number of rotatable bonds is 4. The van der Waals surface area contributed by atoms with Crippen LogP contribution in [0.1, 0.15) is 1.43 Å². The fraction of sp³-hybridized carbons (Fsp3) is 0. The minimum atomic E-state index is -11.2. The maximum Gasteiger partial charge on any atom is 1.00 e. The van der Waals surface area contributed by atoms with Crippen LogP contribution in [-0.4, -0.2) is 19.5 Å². The third kappa shape index (κ3) is 6.79. The average Bonchev–Trinajstić information content (AvgIpc) is 3.24. The van der Waals surface area contributed by atoms with Gasteiger partial charge in [0.15, 0.2) is 0 Å². The molecule has 0 radical (unpaired) electrons. The Kier molecular flexibility index (Phi) is 6.31. The predicted octanol–water partition coefficient (Wildman–Crippen LogP) is 9.34. The van der Waals surface area contributed by atoms with Gasteiger partial charge in [-0.2, -0.15) is 0 Å². The van der Waals surface area contributed by atoms with Gasteiger partial charge in [0.2, 0.25) is 0 Å². The van der Waals surface area contributed by atoms with Crippen LogP contribution in [0, 0.1) is 0 Å². The summed E-state index contributed by atoms with van der Waals surface area (Å²) in [5, 5.41) is 2.19. The number of hydrogen-bond acceptors (Lipinski definition) is 1. The summed E-state index contributed by atoms with van der Waals surface area (Å²) < 4.78 is 61.0. The van der Waals surface area contributed by atoms with Crippen LogP contribution in [0.25, 0.3) is 0 Å². The van der Waals surface area contributed by atoms with E-state index in [9.17, 15) is 16.9 Å². The van der Waals surface area contributed by atoms with Gasteiger partial charge in [-0.25, -0.2) is 0 Å². The Labute approximate surface area is 185 Å². The van der Waals surface area contributed by atoms with Crippen molar-refractivity contribution < 1.29 is 18.3 Å². The summed E-state index contributed by atoms with van der Waals surface area (Å²) in [6, 6.07) is 37.3. The molecule has 1 heterocycles. The normalized spacial score (nSPS) is 14.5. The fourth-order valence-corrected chi connectivity index (χ4v) is 8.62. The molecule has 1 aromatic heterocycles. The second-order valence-electron chi connectivity index (χ2n) is 6.44. The van der Waals surface area contributed by atoms with Crippen molar-refractivity contribution in [3.63, 3.8) is 0 Å². The van der Waals surface area contributed by atoms with Gasteiger partial charge in [-0.3, -0.25) is 0 Å². The van der Waals surface area contributed by atoms with E-state index in [0.717, 1.165) is 0 Å². The molecule has 0 saturated carbocycles. The number of thiophene rings is 1. The van der Waals surface area contributed by atoms with Crippen molar-refractivity contribution in [3.8, 4) is 0 Å². The Morgan fingerprint density at radius 3 is 1.10 bits per heavy atom. The first-order valence-electron chi connectivity index (χ1n) is 8.96. The van der Waals surface area contributed by atoms with Crippen molar-refractivity contribution in [2.45, 2.75) is 18.9 Å². The van der Waals surface area contributed by atoms with Crippen LogP contribution < -0.4 is 0 Å². The SMILES string of the molecule is [F][Sb-]([F])([F])([F])([F])[F].[H+].c1ccc(S(c2ccccc2)(c2ccccc2)c2cccs2)cc1. The Bertz CT molecular complexity index is 998. The molecule has 0 aliphatic carbocycles. The monoisotopic (exact) mass is 582 g/mol.